The van der Waals surface area contributed by atoms with E-state index in [1.165, 1.54) is 23.0 Å². The third-order valence-corrected chi connectivity index (χ3v) is 5.46. The highest BCUT2D eigenvalue weighted by molar-refractivity contribution is 5.83. The lowest BCUT2D eigenvalue weighted by Crippen LogP contribution is -2.27. The number of amides is 1. The molecule has 2 aromatic heterocycles. The molecule has 0 unspecified atom stereocenters. The molecular weight excluding hydrogens is 395 g/mol. The molecule has 0 radical (unpaired) electrons. The van der Waals surface area contributed by atoms with Crippen molar-refractivity contribution in [3.05, 3.63) is 93.9 Å². The lowest BCUT2D eigenvalue weighted by molar-refractivity contribution is -0.121. The van der Waals surface area contributed by atoms with Crippen molar-refractivity contribution in [3.8, 4) is 5.69 Å². The van der Waals surface area contributed by atoms with Gasteiger partial charge >= 0.3 is 0 Å². The SMILES string of the molecule is Cc1c(C)n(-c2cccc(F)c2)c2ncn(CCC(=O)NCc3ccccc3)c(=O)c12. The van der Waals surface area contributed by atoms with Crippen LogP contribution in [0, 0.1) is 19.7 Å². The molecule has 0 saturated carbocycles. The van der Waals surface area contributed by atoms with Gasteiger partial charge in [-0.3, -0.25) is 18.7 Å². The summed E-state index contributed by atoms with van der Waals surface area (Å²) >= 11 is 0. The zero-order valence-corrected chi connectivity index (χ0v) is 17.4. The van der Waals surface area contributed by atoms with Crippen LogP contribution >= 0.6 is 0 Å². The van der Waals surface area contributed by atoms with Crippen LogP contribution in [0.4, 0.5) is 4.39 Å². The van der Waals surface area contributed by atoms with E-state index < -0.39 is 0 Å². The highest BCUT2D eigenvalue weighted by Crippen LogP contribution is 2.25. The largest absolute Gasteiger partial charge is 0.352 e. The van der Waals surface area contributed by atoms with Gasteiger partial charge in [0.15, 0.2) is 5.65 Å². The van der Waals surface area contributed by atoms with Crippen LogP contribution in [0.2, 0.25) is 0 Å². The van der Waals surface area contributed by atoms with Gasteiger partial charge in [-0.1, -0.05) is 36.4 Å². The topological polar surface area (TPSA) is 68.9 Å². The molecule has 6 nitrogen and oxygen atoms in total. The smallest absolute Gasteiger partial charge is 0.263 e. The van der Waals surface area contributed by atoms with E-state index in [0.717, 1.165) is 16.8 Å². The molecule has 0 atom stereocenters. The lowest BCUT2D eigenvalue weighted by Gasteiger charge is -2.09. The highest BCUT2D eigenvalue weighted by atomic mass is 19.1. The first-order valence-corrected chi connectivity index (χ1v) is 10.1. The van der Waals surface area contributed by atoms with E-state index >= 15 is 0 Å². The molecule has 7 heteroatoms. The van der Waals surface area contributed by atoms with Crippen molar-refractivity contribution in [2.45, 2.75) is 33.4 Å². The van der Waals surface area contributed by atoms with Crippen LogP contribution in [0.15, 0.2) is 65.7 Å². The Morgan fingerprint density at radius 2 is 1.87 bits per heavy atom. The number of hydrogen-bond donors (Lipinski definition) is 1. The fourth-order valence-electron chi connectivity index (χ4n) is 3.68. The van der Waals surface area contributed by atoms with E-state index in [1.807, 2.05) is 44.2 Å². The predicted octanol–water partition coefficient (Wildman–Crippen LogP) is 3.65. The zero-order chi connectivity index (χ0) is 22.0. The minimum atomic E-state index is -0.355. The number of benzene rings is 2. The fourth-order valence-corrected chi connectivity index (χ4v) is 3.68. The van der Waals surface area contributed by atoms with Gasteiger partial charge in [0.1, 0.15) is 5.82 Å². The quantitative estimate of drug-likeness (QED) is 0.520. The van der Waals surface area contributed by atoms with Gasteiger partial charge < -0.3 is 5.32 Å². The van der Waals surface area contributed by atoms with Gasteiger partial charge in [-0.25, -0.2) is 9.37 Å². The molecule has 0 aliphatic carbocycles. The van der Waals surface area contributed by atoms with Crippen LogP contribution in [-0.4, -0.2) is 20.0 Å². The molecule has 1 N–H and O–H groups in total. The molecule has 0 aliphatic heterocycles. The van der Waals surface area contributed by atoms with E-state index in [-0.39, 0.29) is 30.2 Å². The number of halogens is 1. The Morgan fingerprint density at radius 1 is 1.10 bits per heavy atom. The first-order valence-electron chi connectivity index (χ1n) is 10.1. The van der Waals surface area contributed by atoms with Crippen LogP contribution in [-0.2, 0) is 17.9 Å². The fraction of sp³-hybridized carbons (Fsp3) is 0.208. The first kappa shape index (κ1) is 20.5. The third-order valence-electron chi connectivity index (χ3n) is 5.46. The van der Waals surface area contributed by atoms with Crippen LogP contribution < -0.4 is 10.9 Å². The van der Waals surface area contributed by atoms with Crippen LogP contribution in [0.1, 0.15) is 23.2 Å². The molecule has 0 spiro atoms. The molecular formula is C24H23FN4O2. The summed E-state index contributed by atoms with van der Waals surface area (Å²) in [4.78, 5) is 29.8. The lowest BCUT2D eigenvalue weighted by atomic mass is 10.2. The Bertz CT molecular complexity index is 1310. The third kappa shape index (κ3) is 4.12. The Kier molecular flexibility index (Phi) is 5.66. The maximum atomic E-state index is 13.7. The average Bonchev–Trinajstić information content (AvgIpc) is 3.03. The van der Waals surface area contributed by atoms with Gasteiger partial charge in [0.05, 0.1) is 17.4 Å². The Hall–Kier alpha value is -3.74. The maximum absolute atomic E-state index is 13.7. The van der Waals surface area contributed by atoms with Gasteiger partial charge in [0.25, 0.3) is 5.56 Å². The number of aromatic nitrogens is 3. The standard InChI is InChI=1S/C24H23FN4O2/c1-16-17(2)29(20-10-6-9-19(25)13-20)23-22(16)24(31)28(15-27-23)12-11-21(30)26-14-18-7-4-3-5-8-18/h3-10,13,15H,11-12,14H2,1-2H3,(H,26,30). The molecule has 0 aliphatic rings. The van der Waals surface area contributed by atoms with E-state index in [9.17, 15) is 14.0 Å². The first-order chi connectivity index (χ1) is 15.0. The van der Waals surface area contributed by atoms with Gasteiger partial charge in [-0.15, -0.1) is 0 Å². The summed E-state index contributed by atoms with van der Waals surface area (Å²) in [6.45, 7) is 4.41. The Balaban J connectivity index is 1.56. The minimum absolute atomic E-state index is 0.138. The van der Waals surface area contributed by atoms with Crippen molar-refractivity contribution in [1.82, 2.24) is 19.4 Å². The van der Waals surface area contributed by atoms with Crippen molar-refractivity contribution >= 4 is 16.9 Å². The second-order valence-corrected chi connectivity index (χ2v) is 7.48. The van der Waals surface area contributed by atoms with Gasteiger partial charge in [0, 0.05) is 25.2 Å². The van der Waals surface area contributed by atoms with Gasteiger partial charge in [0.2, 0.25) is 5.91 Å². The second kappa shape index (κ2) is 8.55. The number of rotatable bonds is 6. The zero-order valence-electron chi connectivity index (χ0n) is 17.4. The van der Waals surface area contributed by atoms with E-state index in [0.29, 0.717) is 23.3 Å². The predicted molar refractivity (Wildman–Crippen MR) is 118 cm³/mol. The second-order valence-electron chi connectivity index (χ2n) is 7.48. The van der Waals surface area contributed by atoms with Crippen molar-refractivity contribution < 1.29 is 9.18 Å². The molecule has 0 fully saturated rings. The monoisotopic (exact) mass is 418 g/mol. The van der Waals surface area contributed by atoms with Crippen LogP contribution in [0.25, 0.3) is 16.7 Å². The summed E-state index contributed by atoms with van der Waals surface area (Å²) in [7, 11) is 0. The van der Waals surface area contributed by atoms with Gasteiger partial charge in [-0.05, 0) is 43.2 Å². The van der Waals surface area contributed by atoms with E-state index in [4.69, 9.17) is 0 Å². The van der Waals surface area contributed by atoms with Crippen molar-refractivity contribution in [1.29, 1.82) is 0 Å². The van der Waals surface area contributed by atoms with E-state index in [2.05, 4.69) is 10.3 Å². The Morgan fingerprint density at radius 3 is 2.61 bits per heavy atom. The number of carbonyl (C=O) groups excluding carboxylic acids is 1. The summed E-state index contributed by atoms with van der Waals surface area (Å²) in [6, 6.07) is 15.8. The number of carbonyl (C=O) groups is 1. The minimum Gasteiger partial charge on any atom is -0.352 e. The molecule has 4 rings (SSSR count). The number of nitrogens with one attached hydrogen (secondary N) is 1. The van der Waals surface area contributed by atoms with Crippen molar-refractivity contribution in [2.75, 3.05) is 0 Å². The molecule has 1 amide bonds. The molecule has 4 aromatic rings. The number of nitrogens with zero attached hydrogens (tertiary/aromatic N) is 3. The van der Waals surface area contributed by atoms with Crippen LogP contribution in [0.3, 0.4) is 0 Å². The normalized spacial score (nSPS) is 11.1. The molecule has 158 valence electrons. The van der Waals surface area contributed by atoms with Crippen molar-refractivity contribution in [3.63, 3.8) is 0 Å². The Labute approximate surface area is 179 Å². The number of fused-ring (bicyclic) bond motifs is 1. The number of hydrogen-bond acceptors (Lipinski definition) is 3. The van der Waals surface area contributed by atoms with Gasteiger partial charge in [-0.2, -0.15) is 0 Å². The summed E-state index contributed by atoms with van der Waals surface area (Å²) in [5.74, 6) is -0.493. The summed E-state index contributed by atoms with van der Waals surface area (Å²) in [5.41, 5.74) is 3.51. The molecule has 2 aromatic carbocycles. The highest BCUT2D eigenvalue weighted by Gasteiger charge is 2.18. The average molecular weight is 418 g/mol. The molecule has 2 heterocycles. The molecule has 0 saturated heterocycles. The van der Waals surface area contributed by atoms with Crippen molar-refractivity contribution in [2.24, 2.45) is 0 Å². The number of aryl methyl sites for hydroxylation is 2. The summed E-state index contributed by atoms with van der Waals surface area (Å²) < 4.78 is 17.0. The summed E-state index contributed by atoms with van der Waals surface area (Å²) in [6.07, 6.45) is 1.62. The maximum Gasteiger partial charge on any atom is 0.263 e. The van der Waals surface area contributed by atoms with Crippen LogP contribution in [0.5, 0.6) is 0 Å². The molecule has 0 bridgehead atoms. The molecule has 31 heavy (non-hydrogen) atoms. The summed E-state index contributed by atoms with van der Waals surface area (Å²) in [5, 5.41) is 3.34. The van der Waals surface area contributed by atoms with E-state index in [1.54, 1.807) is 16.7 Å².